The molecule has 1 rings (SSSR count). The van der Waals surface area contributed by atoms with E-state index < -0.39 is 20.2 Å². The van der Waals surface area contributed by atoms with Gasteiger partial charge in [-0.25, -0.2) is 8.42 Å². The van der Waals surface area contributed by atoms with Gasteiger partial charge >= 0.3 is 0 Å². The molecule has 1 aromatic rings. The Morgan fingerprint density at radius 1 is 1.53 bits per heavy atom. The summed E-state index contributed by atoms with van der Waals surface area (Å²) in [5, 5.41) is 2.02. The maximum Gasteiger partial charge on any atom is 0.294 e. The quantitative estimate of drug-likeness (QED) is 0.771. The van der Waals surface area contributed by atoms with Crippen LogP contribution in [0.1, 0.15) is 24.3 Å². The van der Waals surface area contributed by atoms with Crippen LogP contribution >= 0.6 is 0 Å². The highest BCUT2D eigenvalue weighted by molar-refractivity contribution is 8.07. The second kappa shape index (κ2) is 3.65. The summed E-state index contributed by atoms with van der Waals surface area (Å²) in [6.07, 6.45) is 0. The van der Waals surface area contributed by atoms with Crippen LogP contribution in [0.2, 0.25) is 0 Å². The summed E-state index contributed by atoms with van der Waals surface area (Å²) in [5.41, 5.74) is 5.34. The van der Waals surface area contributed by atoms with Crippen molar-refractivity contribution in [3.63, 3.8) is 0 Å². The van der Waals surface area contributed by atoms with Crippen molar-refractivity contribution in [2.75, 3.05) is 5.73 Å². The molecule has 0 atom stereocenters. The Bertz CT molecular complexity index is 487. The number of carbonyl (C=O) groups is 1. The summed E-state index contributed by atoms with van der Waals surface area (Å²) < 4.78 is 24.3. The molecule has 1 heterocycles. The monoisotopic (exact) mass is 231 g/mol. The average molecular weight is 231 g/mol. The fourth-order valence-electron chi connectivity index (χ4n) is 1.04. The van der Waals surface area contributed by atoms with Crippen molar-refractivity contribution < 1.29 is 13.2 Å². The third-order valence-electron chi connectivity index (χ3n) is 1.99. The average Bonchev–Trinajstić information content (AvgIpc) is 2.43. The van der Waals surface area contributed by atoms with Gasteiger partial charge in [0.15, 0.2) is 0 Å². The topological polar surface area (TPSA) is 95.1 Å². The smallest absolute Gasteiger partial charge is 0.294 e. The second-order valence-corrected chi connectivity index (χ2v) is 5.86. The van der Waals surface area contributed by atoms with Gasteiger partial charge < -0.3 is 5.73 Å². The first-order chi connectivity index (χ1) is 6.76. The molecule has 0 aliphatic rings. The Labute approximate surface area is 88.0 Å². The van der Waals surface area contributed by atoms with Crippen LogP contribution in [0.25, 0.3) is 0 Å². The lowest BCUT2D eigenvalue weighted by atomic mass is 10.4. The maximum absolute atomic E-state index is 11.6. The van der Waals surface area contributed by atoms with Crippen molar-refractivity contribution >= 4 is 20.8 Å². The van der Waals surface area contributed by atoms with E-state index >= 15 is 0 Å². The fourth-order valence-corrected chi connectivity index (χ4v) is 1.95. The highest BCUT2D eigenvalue weighted by Crippen LogP contribution is 2.12. The molecule has 0 aromatic carbocycles. The number of hydrogen-bond acceptors (Lipinski definition) is 5. The molecule has 0 amide bonds. The van der Waals surface area contributed by atoms with Gasteiger partial charge in [0.05, 0.1) is 5.25 Å². The lowest BCUT2D eigenvalue weighted by molar-refractivity contribution is 0.106. The third-order valence-corrected chi connectivity index (χ3v) is 3.95. The third kappa shape index (κ3) is 2.01. The molecular weight excluding hydrogens is 218 g/mol. The van der Waals surface area contributed by atoms with Crippen LogP contribution in [0.5, 0.6) is 0 Å². The lowest BCUT2D eigenvalue weighted by Gasteiger charge is -2.05. The number of anilines is 1. The number of sulfone groups is 1. The van der Waals surface area contributed by atoms with E-state index in [0.717, 1.165) is 4.68 Å². The number of rotatable bonds is 2. The zero-order valence-corrected chi connectivity index (χ0v) is 9.58. The number of hydrogen-bond donors (Lipinski definition) is 1. The van der Waals surface area contributed by atoms with Gasteiger partial charge in [-0.05, 0) is 13.8 Å². The largest absolute Gasteiger partial charge is 0.382 e. The molecule has 84 valence electrons. The van der Waals surface area contributed by atoms with Crippen molar-refractivity contribution in [1.29, 1.82) is 0 Å². The molecule has 0 bridgehead atoms. The summed E-state index contributed by atoms with van der Waals surface area (Å²) in [5.74, 6) is 0.125. The first-order valence-corrected chi connectivity index (χ1v) is 5.89. The van der Waals surface area contributed by atoms with Crippen LogP contribution in [0.15, 0.2) is 6.07 Å². The van der Waals surface area contributed by atoms with Crippen LogP contribution in [-0.4, -0.2) is 28.6 Å². The molecule has 0 fully saturated rings. The highest BCUT2D eigenvalue weighted by Gasteiger charge is 2.30. The Morgan fingerprint density at radius 3 is 2.40 bits per heavy atom. The van der Waals surface area contributed by atoms with Crippen LogP contribution < -0.4 is 5.73 Å². The summed E-state index contributed by atoms with van der Waals surface area (Å²) in [4.78, 5) is 11.6. The summed E-state index contributed by atoms with van der Waals surface area (Å²) in [7, 11) is -2.32. The van der Waals surface area contributed by atoms with E-state index in [0.29, 0.717) is 0 Å². The van der Waals surface area contributed by atoms with Gasteiger partial charge in [0.2, 0.25) is 9.84 Å². The molecule has 0 spiro atoms. The molecule has 0 radical (unpaired) electrons. The second-order valence-electron chi connectivity index (χ2n) is 3.46. The van der Waals surface area contributed by atoms with Crippen molar-refractivity contribution in [1.82, 2.24) is 9.78 Å². The number of carbonyl (C=O) groups excluding carboxylic acids is 1. The molecule has 7 heteroatoms. The summed E-state index contributed by atoms with van der Waals surface area (Å²) in [6.45, 7) is 2.90. The molecule has 1 aromatic heterocycles. The molecular formula is C8H13N3O3S. The van der Waals surface area contributed by atoms with Crippen molar-refractivity contribution in [3.05, 3.63) is 11.8 Å². The van der Waals surface area contributed by atoms with Crippen molar-refractivity contribution in [3.8, 4) is 0 Å². The number of nitrogens with zero attached hydrogens (tertiary/aromatic N) is 2. The normalized spacial score (nSPS) is 12.0. The van der Waals surface area contributed by atoms with E-state index in [9.17, 15) is 13.2 Å². The lowest BCUT2D eigenvalue weighted by Crippen LogP contribution is -2.25. The minimum Gasteiger partial charge on any atom is -0.382 e. The molecule has 0 saturated carbocycles. The van der Waals surface area contributed by atoms with Gasteiger partial charge in [-0.15, -0.1) is 0 Å². The summed E-state index contributed by atoms with van der Waals surface area (Å²) in [6, 6.07) is 1.25. The van der Waals surface area contributed by atoms with Gasteiger partial charge in [0.1, 0.15) is 11.5 Å². The molecule has 6 nitrogen and oxygen atoms in total. The predicted molar refractivity (Wildman–Crippen MR) is 56.0 cm³/mol. The van der Waals surface area contributed by atoms with Gasteiger partial charge in [-0.2, -0.15) is 5.10 Å². The number of aryl methyl sites for hydroxylation is 1. The van der Waals surface area contributed by atoms with Gasteiger partial charge in [-0.3, -0.25) is 9.48 Å². The molecule has 0 saturated heterocycles. The standard InChI is InChI=1S/C8H13N3O3S/c1-5(2)15(13,14)8(12)6-4-7(9)10-11(6)3/h4-5H,1-3H3,(H2,9,10). The van der Waals surface area contributed by atoms with Crippen LogP contribution in [-0.2, 0) is 16.9 Å². The summed E-state index contributed by atoms with van der Waals surface area (Å²) >= 11 is 0. The Kier molecular flexibility index (Phi) is 2.85. The van der Waals surface area contributed by atoms with E-state index in [1.807, 2.05) is 0 Å². The molecule has 0 aliphatic heterocycles. The first kappa shape index (κ1) is 11.7. The first-order valence-electron chi connectivity index (χ1n) is 4.34. The molecule has 2 N–H and O–H groups in total. The van der Waals surface area contributed by atoms with Crippen molar-refractivity contribution in [2.45, 2.75) is 19.1 Å². The Balaban J connectivity index is 3.22. The zero-order chi connectivity index (χ0) is 11.8. The Hall–Kier alpha value is -1.37. The SMILES string of the molecule is CC(C)S(=O)(=O)C(=O)c1cc(N)nn1C. The van der Waals surface area contributed by atoms with Crippen molar-refractivity contribution in [2.24, 2.45) is 7.05 Å². The highest BCUT2D eigenvalue weighted by atomic mass is 32.2. The van der Waals surface area contributed by atoms with E-state index in [2.05, 4.69) is 5.10 Å². The van der Waals surface area contributed by atoms with Gasteiger partial charge in [0.25, 0.3) is 5.12 Å². The Morgan fingerprint density at radius 2 is 2.07 bits per heavy atom. The van der Waals surface area contributed by atoms with E-state index in [-0.39, 0.29) is 11.5 Å². The maximum atomic E-state index is 11.6. The fraction of sp³-hybridized carbons (Fsp3) is 0.500. The number of aromatic nitrogens is 2. The number of nitrogen functional groups attached to an aromatic ring is 1. The predicted octanol–water partition coefficient (Wildman–Crippen LogP) is -0.0343. The van der Waals surface area contributed by atoms with E-state index in [4.69, 9.17) is 5.73 Å². The molecule has 15 heavy (non-hydrogen) atoms. The van der Waals surface area contributed by atoms with Crippen LogP contribution in [0.4, 0.5) is 5.82 Å². The van der Waals surface area contributed by atoms with E-state index in [1.54, 1.807) is 0 Å². The van der Waals surface area contributed by atoms with E-state index in [1.165, 1.54) is 27.0 Å². The van der Waals surface area contributed by atoms with Gasteiger partial charge in [0, 0.05) is 13.1 Å². The minimum absolute atomic E-state index is 0.0128. The minimum atomic E-state index is -3.79. The molecule has 0 aliphatic carbocycles. The zero-order valence-electron chi connectivity index (χ0n) is 8.76. The molecule has 0 unspecified atom stereocenters. The van der Waals surface area contributed by atoms with Gasteiger partial charge in [-0.1, -0.05) is 0 Å². The van der Waals surface area contributed by atoms with Crippen LogP contribution in [0.3, 0.4) is 0 Å². The number of nitrogens with two attached hydrogens (primary N) is 1. The van der Waals surface area contributed by atoms with Crippen LogP contribution in [0, 0.1) is 0 Å².